The Kier molecular flexibility index (Phi) is 4.26. The Morgan fingerprint density at radius 3 is 2.77 bits per heavy atom. The molecule has 1 aromatic rings. The zero-order valence-electron chi connectivity index (χ0n) is 7.78. The van der Waals surface area contributed by atoms with Crippen molar-refractivity contribution in [2.75, 3.05) is 6.54 Å². The Labute approximate surface area is 78.2 Å². The number of hydrogen-bond donors (Lipinski definition) is 1. The van der Waals surface area contributed by atoms with E-state index in [1.54, 1.807) is 16.7 Å². The van der Waals surface area contributed by atoms with Crippen LogP contribution in [0.15, 0.2) is 29.2 Å². The van der Waals surface area contributed by atoms with Gasteiger partial charge in [-0.05, 0) is 25.5 Å². The average molecular weight is 180 g/mol. The molecule has 0 saturated carbocycles. The zero-order chi connectivity index (χ0) is 9.52. The number of nitrogens with two attached hydrogens (primary N) is 1. The molecule has 1 heterocycles. The standard InChI is InChI=1S/C10H16N2O/c11-7-3-1-4-8-12-9-5-2-6-10(12)13/h2,5-6,9H,1,3-4,7-8,11H2. The lowest BCUT2D eigenvalue weighted by molar-refractivity contribution is 0.578. The molecular formula is C10H16N2O. The van der Waals surface area contributed by atoms with Gasteiger partial charge in [0, 0.05) is 18.8 Å². The molecule has 0 aliphatic carbocycles. The summed E-state index contributed by atoms with van der Waals surface area (Å²) < 4.78 is 1.73. The predicted octanol–water partition coefficient (Wildman–Crippen LogP) is 0.977. The Hall–Kier alpha value is -1.09. The van der Waals surface area contributed by atoms with Gasteiger partial charge in [-0.15, -0.1) is 0 Å². The molecule has 72 valence electrons. The lowest BCUT2D eigenvalue weighted by Gasteiger charge is -2.03. The minimum atomic E-state index is 0.0789. The molecule has 0 amide bonds. The van der Waals surface area contributed by atoms with E-state index < -0.39 is 0 Å². The molecular weight excluding hydrogens is 164 g/mol. The second-order valence-electron chi connectivity index (χ2n) is 3.08. The van der Waals surface area contributed by atoms with Crippen LogP contribution in [-0.2, 0) is 6.54 Å². The summed E-state index contributed by atoms with van der Waals surface area (Å²) in [5, 5.41) is 0. The summed E-state index contributed by atoms with van der Waals surface area (Å²) in [5.74, 6) is 0. The van der Waals surface area contributed by atoms with Crippen molar-refractivity contribution >= 4 is 0 Å². The lowest BCUT2D eigenvalue weighted by Crippen LogP contribution is -2.17. The highest BCUT2D eigenvalue weighted by molar-refractivity contribution is 4.92. The molecule has 0 fully saturated rings. The van der Waals surface area contributed by atoms with Crippen LogP contribution in [0.4, 0.5) is 0 Å². The van der Waals surface area contributed by atoms with Crippen LogP contribution in [0.1, 0.15) is 19.3 Å². The third kappa shape index (κ3) is 3.42. The second kappa shape index (κ2) is 5.54. The third-order valence-corrected chi connectivity index (χ3v) is 2.00. The van der Waals surface area contributed by atoms with E-state index >= 15 is 0 Å². The smallest absolute Gasteiger partial charge is 0.250 e. The number of rotatable bonds is 5. The van der Waals surface area contributed by atoms with Gasteiger partial charge in [-0.25, -0.2) is 0 Å². The monoisotopic (exact) mass is 180 g/mol. The summed E-state index contributed by atoms with van der Waals surface area (Å²) in [6, 6.07) is 5.23. The van der Waals surface area contributed by atoms with Crippen LogP contribution in [0.25, 0.3) is 0 Å². The van der Waals surface area contributed by atoms with Gasteiger partial charge in [0.15, 0.2) is 0 Å². The van der Waals surface area contributed by atoms with Gasteiger partial charge in [-0.1, -0.05) is 12.5 Å². The van der Waals surface area contributed by atoms with Crippen molar-refractivity contribution in [3.8, 4) is 0 Å². The van der Waals surface area contributed by atoms with Crippen molar-refractivity contribution in [2.24, 2.45) is 5.73 Å². The topological polar surface area (TPSA) is 48.0 Å². The predicted molar refractivity (Wildman–Crippen MR) is 53.6 cm³/mol. The highest BCUT2D eigenvalue weighted by Gasteiger charge is 1.92. The van der Waals surface area contributed by atoms with Crippen LogP contribution < -0.4 is 11.3 Å². The van der Waals surface area contributed by atoms with E-state index in [9.17, 15) is 4.79 Å². The molecule has 0 aromatic carbocycles. The Morgan fingerprint density at radius 2 is 2.08 bits per heavy atom. The van der Waals surface area contributed by atoms with E-state index in [-0.39, 0.29) is 5.56 Å². The summed E-state index contributed by atoms with van der Waals surface area (Å²) >= 11 is 0. The summed E-state index contributed by atoms with van der Waals surface area (Å²) in [7, 11) is 0. The molecule has 0 radical (unpaired) electrons. The van der Waals surface area contributed by atoms with Crippen LogP contribution in [0.2, 0.25) is 0 Å². The molecule has 1 aromatic heterocycles. The molecule has 0 atom stereocenters. The molecule has 3 heteroatoms. The average Bonchev–Trinajstić information content (AvgIpc) is 2.15. The molecule has 1 rings (SSSR count). The summed E-state index contributed by atoms with van der Waals surface area (Å²) in [6.45, 7) is 1.55. The largest absolute Gasteiger partial charge is 0.330 e. The molecule has 0 spiro atoms. The third-order valence-electron chi connectivity index (χ3n) is 2.00. The van der Waals surface area contributed by atoms with E-state index in [0.29, 0.717) is 0 Å². The molecule has 0 aliphatic rings. The van der Waals surface area contributed by atoms with Gasteiger partial charge in [0.1, 0.15) is 0 Å². The van der Waals surface area contributed by atoms with E-state index in [4.69, 9.17) is 5.73 Å². The van der Waals surface area contributed by atoms with Crippen LogP contribution in [0.5, 0.6) is 0 Å². The molecule has 3 nitrogen and oxygen atoms in total. The van der Waals surface area contributed by atoms with Gasteiger partial charge in [-0.2, -0.15) is 0 Å². The van der Waals surface area contributed by atoms with E-state index in [2.05, 4.69) is 0 Å². The van der Waals surface area contributed by atoms with Crippen molar-refractivity contribution in [1.82, 2.24) is 4.57 Å². The highest BCUT2D eigenvalue weighted by Crippen LogP contribution is 1.95. The van der Waals surface area contributed by atoms with Gasteiger partial charge in [0.2, 0.25) is 5.56 Å². The first-order chi connectivity index (χ1) is 6.34. The van der Waals surface area contributed by atoms with Crippen molar-refractivity contribution in [2.45, 2.75) is 25.8 Å². The van der Waals surface area contributed by atoms with Gasteiger partial charge in [0.25, 0.3) is 0 Å². The van der Waals surface area contributed by atoms with Crippen molar-refractivity contribution in [3.05, 3.63) is 34.7 Å². The first-order valence-corrected chi connectivity index (χ1v) is 4.70. The number of pyridine rings is 1. The van der Waals surface area contributed by atoms with Crippen LogP contribution in [-0.4, -0.2) is 11.1 Å². The molecule has 0 unspecified atom stereocenters. The second-order valence-corrected chi connectivity index (χ2v) is 3.08. The number of nitrogens with zero attached hydrogens (tertiary/aromatic N) is 1. The Morgan fingerprint density at radius 1 is 1.23 bits per heavy atom. The minimum absolute atomic E-state index is 0.0789. The maximum Gasteiger partial charge on any atom is 0.250 e. The van der Waals surface area contributed by atoms with E-state index in [1.807, 2.05) is 12.3 Å². The van der Waals surface area contributed by atoms with Crippen molar-refractivity contribution in [3.63, 3.8) is 0 Å². The lowest BCUT2D eigenvalue weighted by atomic mass is 10.2. The first-order valence-electron chi connectivity index (χ1n) is 4.70. The summed E-state index contributed by atoms with van der Waals surface area (Å²) in [6.07, 6.45) is 4.99. The summed E-state index contributed by atoms with van der Waals surface area (Å²) in [5.41, 5.74) is 5.45. The number of aromatic nitrogens is 1. The number of aryl methyl sites for hydroxylation is 1. The maximum absolute atomic E-state index is 11.2. The first kappa shape index (κ1) is 9.99. The van der Waals surface area contributed by atoms with Gasteiger partial charge >= 0.3 is 0 Å². The quantitative estimate of drug-likeness (QED) is 0.686. The minimum Gasteiger partial charge on any atom is -0.330 e. The van der Waals surface area contributed by atoms with E-state index in [1.165, 1.54) is 0 Å². The maximum atomic E-state index is 11.2. The highest BCUT2D eigenvalue weighted by atomic mass is 16.1. The fourth-order valence-electron chi connectivity index (χ4n) is 1.25. The fourth-order valence-corrected chi connectivity index (χ4v) is 1.25. The van der Waals surface area contributed by atoms with Crippen molar-refractivity contribution in [1.29, 1.82) is 0 Å². The normalized spacial score (nSPS) is 10.2. The number of hydrogen-bond acceptors (Lipinski definition) is 2. The summed E-state index contributed by atoms with van der Waals surface area (Å²) in [4.78, 5) is 11.2. The molecule has 2 N–H and O–H groups in total. The molecule has 0 bridgehead atoms. The SMILES string of the molecule is NCCCCCn1ccccc1=O. The zero-order valence-corrected chi connectivity index (χ0v) is 7.78. The van der Waals surface area contributed by atoms with Crippen LogP contribution in [0.3, 0.4) is 0 Å². The Balaban J connectivity index is 2.37. The van der Waals surface area contributed by atoms with Crippen molar-refractivity contribution < 1.29 is 0 Å². The molecule has 0 aliphatic heterocycles. The Bertz CT molecular complexity index is 293. The van der Waals surface area contributed by atoms with Crippen LogP contribution >= 0.6 is 0 Å². The molecule has 13 heavy (non-hydrogen) atoms. The fraction of sp³-hybridized carbons (Fsp3) is 0.500. The van der Waals surface area contributed by atoms with Gasteiger partial charge in [-0.3, -0.25) is 4.79 Å². The number of unbranched alkanes of at least 4 members (excludes halogenated alkanes) is 2. The van der Waals surface area contributed by atoms with E-state index in [0.717, 1.165) is 32.4 Å². The van der Waals surface area contributed by atoms with Gasteiger partial charge < -0.3 is 10.3 Å². The van der Waals surface area contributed by atoms with Crippen LogP contribution in [0, 0.1) is 0 Å². The molecule has 0 saturated heterocycles. The van der Waals surface area contributed by atoms with Gasteiger partial charge in [0.05, 0.1) is 0 Å².